The summed E-state index contributed by atoms with van der Waals surface area (Å²) in [7, 11) is 1.66. The molecule has 0 spiro atoms. The van der Waals surface area contributed by atoms with E-state index in [4.69, 9.17) is 10.5 Å². The van der Waals surface area contributed by atoms with Gasteiger partial charge in [0.15, 0.2) is 0 Å². The predicted molar refractivity (Wildman–Crippen MR) is 79.8 cm³/mol. The van der Waals surface area contributed by atoms with E-state index in [0.717, 1.165) is 34.3 Å². The van der Waals surface area contributed by atoms with Crippen molar-refractivity contribution in [3.05, 3.63) is 59.8 Å². The van der Waals surface area contributed by atoms with E-state index in [2.05, 4.69) is 9.97 Å². The second-order valence-electron chi connectivity index (χ2n) is 4.57. The molecule has 0 amide bonds. The molecule has 0 aliphatic carbocycles. The summed E-state index contributed by atoms with van der Waals surface area (Å²) >= 11 is 0. The summed E-state index contributed by atoms with van der Waals surface area (Å²) in [5.74, 6) is 1.16. The fraction of sp³-hybridized carbons (Fsp3) is 0.125. The van der Waals surface area contributed by atoms with Crippen molar-refractivity contribution in [1.29, 1.82) is 0 Å². The molecule has 2 N–H and O–H groups in total. The van der Waals surface area contributed by atoms with Gasteiger partial charge in [0.1, 0.15) is 5.75 Å². The van der Waals surface area contributed by atoms with Crippen molar-refractivity contribution in [2.24, 2.45) is 0 Å². The Balaban J connectivity index is 2.01. The molecule has 20 heavy (non-hydrogen) atoms. The van der Waals surface area contributed by atoms with Crippen LogP contribution < -0.4 is 10.5 Å². The third-order valence-corrected chi connectivity index (χ3v) is 3.23. The Morgan fingerprint density at radius 1 is 1.00 bits per heavy atom. The van der Waals surface area contributed by atoms with E-state index < -0.39 is 0 Å². The minimum Gasteiger partial charge on any atom is -0.497 e. The highest BCUT2D eigenvalue weighted by Gasteiger charge is 2.06. The average Bonchev–Trinajstić information content (AvgIpc) is 2.48. The van der Waals surface area contributed by atoms with Crippen molar-refractivity contribution < 1.29 is 4.74 Å². The fourth-order valence-electron chi connectivity index (χ4n) is 2.23. The minimum atomic E-state index is 0.312. The van der Waals surface area contributed by atoms with E-state index in [0.29, 0.717) is 5.95 Å². The molecule has 0 saturated carbocycles. The monoisotopic (exact) mass is 265 g/mol. The number of aromatic nitrogens is 2. The number of rotatable bonds is 3. The molecule has 3 aromatic rings. The normalized spacial score (nSPS) is 10.7. The number of ether oxygens (including phenoxy) is 1. The van der Waals surface area contributed by atoms with Crippen LogP contribution in [0.5, 0.6) is 5.75 Å². The average molecular weight is 265 g/mol. The molecule has 100 valence electrons. The third kappa shape index (κ3) is 2.40. The highest BCUT2D eigenvalue weighted by molar-refractivity contribution is 5.82. The maximum Gasteiger partial charge on any atom is 0.220 e. The molecule has 4 nitrogen and oxygen atoms in total. The van der Waals surface area contributed by atoms with Gasteiger partial charge in [-0.1, -0.05) is 30.3 Å². The van der Waals surface area contributed by atoms with Crippen LogP contribution in [-0.4, -0.2) is 17.1 Å². The van der Waals surface area contributed by atoms with Gasteiger partial charge in [0.25, 0.3) is 0 Å². The van der Waals surface area contributed by atoms with Crippen molar-refractivity contribution in [2.45, 2.75) is 6.42 Å². The second-order valence-corrected chi connectivity index (χ2v) is 4.57. The summed E-state index contributed by atoms with van der Waals surface area (Å²) < 4.78 is 5.16. The minimum absolute atomic E-state index is 0.312. The van der Waals surface area contributed by atoms with Gasteiger partial charge >= 0.3 is 0 Å². The van der Waals surface area contributed by atoms with Gasteiger partial charge in [0.2, 0.25) is 5.95 Å². The van der Waals surface area contributed by atoms with E-state index in [1.165, 1.54) is 0 Å². The van der Waals surface area contributed by atoms with Gasteiger partial charge < -0.3 is 10.5 Å². The number of para-hydroxylation sites is 1. The number of methoxy groups -OCH3 is 1. The van der Waals surface area contributed by atoms with Gasteiger partial charge in [-0.2, -0.15) is 0 Å². The quantitative estimate of drug-likeness (QED) is 0.791. The number of hydrogen-bond acceptors (Lipinski definition) is 4. The first-order valence-corrected chi connectivity index (χ1v) is 6.40. The van der Waals surface area contributed by atoms with Crippen LogP contribution in [0.3, 0.4) is 0 Å². The van der Waals surface area contributed by atoms with Crippen molar-refractivity contribution in [3.63, 3.8) is 0 Å². The molecule has 2 aromatic carbocycles. The van der Waals surface area contributed by atoms with E-state index in [9.17, 15) is 0 Å². The first-order chi connectivity index (χ1) is 9.76. The summed E-state index contributed by atoms with van der Waals surface area (Å²) in [6.45, 7) is 0. The molecule has 0 radical (unpaired) electrons. The number of nitrogens with zero attached hydrogens (tertiary/aromatic N) is 2. The maximum absolute atomic E-state index is 5.78. The summed E-state index contributed by atoms with van der Waals surface area (Å²) in [5.41, 5.74) is 8.76. The van der Waals surface area contributed by atoms with Gasteiger partial charge in [-0.15, -0.1) is 0 Å². The highest BCUT2D eigenvalue weighted by atomic mass is 16.5. The van der Waals surface area contributed by atoms with Crippen molar-refractivity contribution in [1.82, 2.24) is 9.97 Å². The van der Waals surface area contributed by atoms with E-state index in [-0.39, 0.29) is 0 Å². The molecule has 0 aliphatic heterocycles. The Morgan fingerprint density at radius 3 is 2.50 bits per heavy atom. The summed E-state index contributed by atoms with van der Waals surface area (Å²) in [5, 5.41) is 1.04. The molecule has 1 aromatic heterocycles. The summed E-state index contributed by atoms with van der Waals surface area (Å²) in [4.78, 5) is 8.63. The van der Waals surface area contributed by atoms with Gasteiger partial charge in [-0.3, -0.25) is 0 Å². The van der Waals surface area contributed by atoms with Crippen LogP contribution >= 0.6 is 0 Å². The lowest BCUT2D eigenvalue weighted by molar-refractivity contribution is 0.414. The van der Waals surface area contributed by atoms with Crippen molar-refractivity contribution >= 4 is 16.9 Å². The van der Waals surface area contributed by atoms with Crippen LogP contribution in [0.4, 0.5) is 5.95 Å². The first kappa shape index (κ1) is 12.4. The zero-order chi connectivity index (χ0) is 13.9. The summed E-state index contributed by atoms with van der Waals surface area (Å²) in [6.07, 6.45) is 0.719. The molecule has 4 heteroatoms. The second kappa shape index (κ2) is 5.17. The third-order valence-electron chi connectivity index (χ3n) is 3.23. The lowest BCUT2D eigenvalue weighted by Gasteiger charge is -2.07. The number of anilines is 1. The van der Waals surface area contributed by atoms with Crippen LogP contribution in [0.25, 0.3) is 10.9 Å². The predicted octanol–water partition coefficient (Wildman–Crippen LogP) is 2.81. The molecule has 3 rings (SSSR count). The summed E-state index contributed by atoms with van der Waals surface area (Å²) in [6, 6.07) is 15.9. The number of fused-ring (bicyclic) bond motifs is 1. The van der Waals surface area contributed by atoms with Crippen LogP contribution in [0, 0.1) is 0 Å². The van der Waals surface area contributed by atoms with Crippen molar-refractivity contribution in [3.8, 4) is 5.75 Å². The lowest BCUT2D eigenvalue weighted by atomic mass is 10.1. The Hall–Kier alpha value is -2.62. The standard InChI is InChI=1S/C16H15N3O/c1-20-12-8-6-11(7-9-12)10-15-13-4-2-3-5-14(13)18-16(17)19-15/h2-9H,10H2,1H3,(H2,17,18,19). The molecule has 0 unspecified atom stereocenters. The molecule has 0 atom stereocenters. The molecule has 1 heterocycles. The Labute approximate surface area is 117 Å². The van der Waals surface area contributed by atoms with Crippen LogP contribution in [0.1, 0.15) is 11.3 Å². The maximum atomic E-state index is 5.78. The Morgan fingerprint density at radius 2 is 1.75 bits per heavy atom. The molecular formula is C16H15N3O. The fourth-order valence-corrected chi connectivity index (χ4v) is 2.23. The SMILES string of the molecule is COc1ccc(Cc2nc(N)nc3ccccc23)cc1. The zero-order valence-electron chi connectivity index (χ0n) is 11.2. The topological polar surface area (TPSA) is 61.0 Å². The van der Waals surface area contributed by atoms with Crippen LogP contribution in [0.2, 0.25) is 0 Å². The van der Waals surface area contributed by atoms with Crippen LogP contribution in [0.15, 0.2) is 48.5 Å². The highest BCUT2D eigenvalue weighted by Crippen LogP contribution is 2.20. The van der Waals surface area contributed by atoms with Crippen molar-refractivity contribution in [2.75, 3.05) is 12.8 Å². The molecule has 0 bridgehead atoms. The lowest BCUT2D eigenvalue weighted by Crippen LogP contribution is -2.01. The molecule has 0 aliphatic rings. The Kier molecular flexibility index (Phi) is 3.21. The van der Waals surface area contributed by atoms with Gasteiger partial charge in [0, 0.05) is 11.8 Å². The van der Waals surface area contributed by atoms with Gasteiger partial charge in [-0.05, 0) is 23.8 Å². The first-order valence-electron chi connectivity index (χ1n) is 6.40. The van der Waals surface area contributed by atoms with Gasteiger partial charge in [-0.25, -0.2) is 9.97 Å². The van der Waals surface area contributed by atoms with E-state index in [1.54, 1.807) is 7.11 Å². The number of nitrogen functional groups attached to an aromatic ring is 1. The molecular weight excluding hydrogens is 250 g/mol. The smallest absolute Gasteiger partial charge is 0.220 e. The zero-order valence-corrected chi connectivity index (χ0v) is 11.2. The van der Waals surface area contributed by atoms with Crippen LogP contribution in [-0.2, 0) is 6.42 Å². The molecule has 0 fully saturated rings. The number of benzene rings is 2. The molecule has 0 saturated heterocycles. The number of nitrogens with two attached hydrogens (primary N) is 1. The number of hydrogen-bond donors (Lipinski definition) is 1. The largest absolute Gasteiger partial charge is 0.497 e. The van der Waals surface area contributed by atoms with E-state index >= 15 is 0 Å². The van der Waals surface area contributed by atoms with E-state index in [1.807, 2.05) is 48.5 Å². The van der Waals surface area contributed by atoms with Gasteiger partial charge in [0.05, 0.1) is 18.3 Å². The Bertz CT molecular complexity index is 738.